The van der Waals surface area contributed by atoms with E-state index in [1.165, 1.54) is 12.8 Å². The molecule has 0 radical (unpaired) electrons. The van der Waals surface area contributed by atoms with Crippen molar-refractivity contribution in [2.24, 2.45) is 10.9 Å². The molecule has 6 nitrogen and oxygen atoms in total. The summed E-state index contributed by atoms with van der Waals surface area (Å²) in [5.41, 5.74) is 1.10. The van der Waals surface area contributed by atoms with Crippen LogP contribution in [-0.4, -0.2) is 51.1 Å². The Kier molecular flexibility index (Phi) is 6.90. The van der Waals surface area contributed by atoms with Crippen molar-refractivity contribution in [3.8, 4) is 5.75 Å². The molecule has 0 atom stereocenters. The quantitative estimate of drug-likeness (QED) is 0.561. The van der Waals surface area contributed by atoms with Crippen LogP contribution in [0.4, 0.5) is 0 Å². The first kappa shape index (κ1) is 18.1. The predicted molar refractivity (Wildman–Crippen MR) is 96.2 cm³/mol. The van der Waals surface area contributed by atoms with Gasteiger partial charge in [0.25, 0.3) is 0 Å². The molecule has 1 saturated carbocycles. The highest BCUT2D eigenvalue weighted by Gasteiger charge is 2.22. The fourth-order valence-electron chi connectivity index (χ4n) is 2.19. The Labute approximate surface area is 144 Å². The van der Waals surface area contributed by atoms with Gasteiger partial charge in [0.1, 0.15) is 5.75 Å². The van der Waals surface area contributed by atoms with Gasteiger partial charge in [-0.05, 0) is 24.8 Å². The van der Waals surface area contributed by atoms with Gasteiger partial charge in [0.15, 0.2) is 5.96 Å². The van der Waals surface area contributed by atoms with Gasteiger partial charge in [-0.1, -0.05) is 18.2 Å². The number of amides is 1. The summed E-state index contributed by atoms with van der Waals surface area (Å²) in [6.07, 6.45) is 3.00. The SMILES string of the molecule is CN=C(NCCC(=O)N(C)C)NCc1ccccc1OCC1CC1. The van der Waals surface area contributed by atoms with E-state index in [1.807, 2.05) is 18.2 Å². The first-order valence-corrected chi connectivity index (χ1v) is 8.45. The van der Waals surface area contributed by atoms with E-state index in [0.717, 1.165) is 23.8 Å². The molecule has 0 aromatic heterocycles. The summed E-state index contributed by atoms with van der Waals surface area (Å²) in [4.78, 5) is 17.4. The van der Waals surface area contributed by atoms with Crippen LogP contribution in [0.25, 0.3) is 0 Å². The average Bonchev–Trinajstić information content (AvgIpc) is 3.40. The smallest absolute Gasteiger partial charge is 0.223 e. The van der Waals surface area contributed by atoms with Gasteiger partial charge in [0, 0.05) is 46.2 Å². The minimum Gasteiger partial charge on any atom is -0.493 e. The van der Waals surface area contributed by atoms with Gasteiger partial charge >= 0.3 is 0 Å². The normalized spacial score (nSPS) is 14.2. The highest BCUT2D eigenvalue weighted by molar-refractivity contribution is 5.81. The van der Waals surface area contributed by atoms with Crippen LogP contribution in [0.3, 0.4) is 0 Å². The van der Waals surface area contributed by atoms with E-state index in [2.05, 4.69) is 21.7 Å². The van der Waals surface area contributed by atoms with E-state index in [9.17, 15) is 4.79 Å². The number of nitrogens with zero attached hydrogens (tertiary/aromatic N) is 2. The van der Waals surface area contributed by atoms with E-state index in [-0.39, 0.29) is 5.91 Å². The number of rotatable bonds is 8. The van der Waals surface area contributed by atoms with Crippen molar-refractivity contribution in [3.05, 3.63) is 29.8 Å². The van der Waals surface area contributed by atoms with Gasteiger partial charge in [-0.25, -0.2) is 0 Å². The summed E-state index contributed by atoms with van der Waals surface area (Å²) in [7, 11) is 5.24. The zero-order valence-corrected chi connectivity index (χ0v) is 14.8. The van der Waals surface area contributed by atoms with Crippen LogP contribution in [0, 0.1) is 5.92 Å². The Morgan fingerprint density at radius 1 is 1.29 bits per heavy atom. The van der Waals surface area contributed by atoms with Crippen LogP contribution in [0.2, 0.25) is 0 Å². The zero-order valence-electron chi connectivity index (χ0n) is 14.8. The largest absolute Gasteiger partial charge is 0.493 e. The number of nitrogens with one attached hydrogen (secondary N) is 2. The van der Waals surface area contributed by atoms with Gasteiger partial charge < -0.3 is 20.3 Å². The minimum absolute atomic E-state index is 0.0942. The molecule has 1 aliphatic carbocycles. The second kappa shape index (κ2) is 9.15. The molecule has 2 N–H and O–H groups in total. The number of carbonyl (C=O) groups excluding carboxylic acids is 1. The second-order valence-electron chi connectivity index (χ2n) is 6.25. The molecule has 1 amide bonds. The fraction of sp³-hybridized carbons (Fsp3) is 0.556. The first-order chi connectivity index (χ1) is 11.6. The first-order valence-electron chi connectivity index (χ1n) is 8.45. The van der Waals surface area contributed by atoms with Gasteiger partial charge in [-0.2, -0.15) is 0 Å². The maximum Gasteiger partial charge on any atom is 0.223 e. The Hall–Kier alpha value is -2.24. The van der Waals surface area contributed by atoms with Crippen LogP contribution in [0.5, 0.6) is 5.75 Å². The summed E-state index contributed by atoms with van der Waals surface area (Å²) in [5.74, 6) is 2.43. The molecule has 132 valence electrons. The molecule has 1 aromatic carbocycles. The molecule has 1 aromatic rings. The molecule has 0 heterocycles. The molecular formula is C18H28N4O2. The summed E-state index contributed by atoms with van der Waals surface area (Å²) in [6, 6.07) is 8.06. The van der Waals surface area contributed by atoms with E-state index in [4.69, 9.17) is 4.74 Å². The standard InChI is InChI=1S/C18H28N4O2/c1-19-18(20-11-10-17(23)22(2)3)21-12-15-6-4-5-7-16(15)24-13-14-8-9-14/h4-7,14H,8-13H2,1-3H3,(H2,19,20,21). The molecule has 0 saturated heterocycles. The fourth-order valence-corrected chi connectivity index (χ4v) is 2.19. The molecule has 1 fully saturated rings. The lowest BCUT2D eigenvalue weighted by atomic mass is 10.2. The number of aliphatic imine (C=N–C) groups is 1. The summed E-state index contributed by atoms with van der Waals surface area (Å²) < 4.78 is 5.92. The topological polar surface area (TPSA) is 66.0 Å². The minimum atomic E-state index is 0.0942. The molecule has 0 spiro atoms. The molecule has 0 aliphatic heterocycles. The molecule has 0 unspecified atom stereocenters. The molecular weight excluding hydrogens is 304 g/mol. The van der Waals surface area contributed by atoms with Gasteiger partial charge in [0.2, 0.25) is 5.91 Å². The number of hydrogen-bond donors (Lipinski definition) is 2. The van der Waals surface area contributed by atoms with E-state index in [0.29, 0.717) is 25.5 Å². The summed E-state index contributed by atoms with van der Waals surface area (Å²) in [6.45, 7) is 1.98. The summed E-state index contributed by atoms with van der Waals surface area (Å²) in [5, 5.41) is 6.42. The second-order valence-corrected chi connectivity index (χ2v) is 6.25. The third-order valence-electron chi connectivity index (χ3n) is 3.94. The van der Waals surface area contributed by atoms with E-state index in [1.54, 1.807) is 26.0 Å². The highest BCUT2D eigenvalue weighted by Crippen LogP contribution is 2.30. The van der Waals surface area contributed by atoms with E-state index < -0.39 is 0 Å². The predicted octanol–water partition coefficient (Wildman–Crippen LogP) is 1.62. The van der Waals surface area contributed by atoms with Crippen molar-refractivity contribution >= 4 is 11.9 Å². The van der Waals surface area contributed by atoms with Gasteiger partial charge in [0.05, 0.1) is 6.61 Å². The van der Waals surface area contributed by atoms with Crippen molar-refractivity contribution in [1.82, 2.24) is 15.5 Å². The number of ether oxygens (including phenoxy) is 1. The Morgan fingerprint density at radius 2 is 2.04 bits per heavy atom. The number of para-hydroxylation sites is 1. The van der Waals surface area contributed by atoms with Crippen LogP contribution in [0.15, 0.2) is 29.3 Å². The summed E-state index contributed by atoms with van der Waals surface area (Å²) >= 11 is 0. The lowest BCUT2D eigenvalue weighted by Crippen LogP contribution is -2.38. The van der Waals surface area contributed by atoms with Gasteiger partial charge in [-0.3, -0.25) is 9.79 Å². The van der Waals surface area contributed by atoms with Crippen molar-refractivity contribution in [2.75, 3.05) is 34.3 Å². The zero-order chi connectivity index (χ0) is 17.4. The van der Waals surface area contributed by atoms with Crippen molar-refractivity contribution < 1.29 is 9.53 Å². The van der Waals surface area contributed by atoms with Crippen LogP contribution in [-0.2, 0) is 11.3 Å². The Bertz CT molecular complexity index is 568. The lowest BCUT2D eigenvalue weighted by Gasteiger charge is -2.15. The Balaban J connectivity index is 1.78. The maximum atomic E-state index is 11.6. The molecule has 0 bridgehead atoms. The maximum absolute atomic E-state index is 11.6. The Morgan fingerprint density at radius 3 is 2.71 bits per heavy atom. The molecule has 1 aliphatic rings. The average molecular weight is 332 g/mol. The van der Waals surface area contributed by atoms with Crippen molar-refractivity contribution in [3.63, 3.8) is 0 Å². The number of hydrogen-bond acceptors (Lipinski definition) is 3. The monoisotopic (exact) mass is 332 g/mol. The van der Waals surface area contributed by atoms with Crippen LogP contribution >= 0.6 is 0 Å². The molecule has 24 heavy (non-hydrogen) atoms. The third kappa shape index (κ3) is 6.10. The van der Waals surface area contributed by atoms with E-state index >= 15 is 0 Å². The van der Waals surface area contributed by atoms with Gasteiger partial charge in [-0.15, -0.1) is 0 Å². The number of guanidine groups is 1. The third-order valence-corrected chi connectivity index (χ3v) is 3.94. The highest BCUT2D eigenvalue weighted by atomic mass is 16.5. The number of benzene rings is 1. The molecule has 6 heteroatoms. The number of carbonyl (C=O) groups is 1. The van der Waals surface area contributed by atoms with Crippen molar-refractivity contribution in [1.29, 1.82) is 0 Å². The lowest BCUT2D eigenvalue weighted by molar-refractivity contribution is -0.128. The molecule has 2 rings (SSSR count). The van der Waals surface area contributed by atoms with Crippen LogP contribution in [0.1, 0.15) is 24.8 Å². The van der Waals surface area contributed by atoms with Crippen molar-refractivity contribution in [2.45, 2.75) is 25.8 Å². The van der Waals surface area contributed by atoms with Crippen LogP contribution < -0.4 is 15.4 Å².